The smallest absolute Gasteiger partial charge is 0.223 e. The molecular weight excluding hydrogens is 124 g/mol. The minimum atomic E-state index is -0.559. The fraction of sp³-hybridized carbons (Fsp3) is 0.250. The quantitative estimate of drug-likeness (QED) is 0.522. The number of nitrogens with two attached hydrogens (primary N) is 1. The maximum Gasteiger partial charge on any atom is 0.223 e. The first-order valence-corrected chi connectivity index (χ1v) is 2.29. The molecule has 0 saturated heterocycles. The summed E-state index contributed by atoms with van der Waals surface area (Å²) in [5.74, 6) is -0.559. The Morgan fingerprint density at radius 1 is 1.88 bits per heavy atom. The van der Waals surface area contributed by atoms with Crippen LogP contribution < -0.4 is 5.73 Å². The Balaban J connectivity index is 3.61. The van der Waals surface area contributed by atoms with Crippen LogP contribution >= 0.6 is 12.2 Å². The van der Waals surface area contributed by atoms with Gasteiger partial charge in [-0.2, -0.15) is 5.26 Å². The lowest BCUT2D eigenvalue weighted by Crippen LogP contribution is -2.13. The second-order valence-electron chi connectivity index (χ2n) is 1.18. The van der Waals surface area contributed by atoms with Crippen LogP contribution in [0.15, 0.2) is 0 Å². The molecule has 0 aliphatic rings. The van der Waals surface area contributed by atoms with E-state index in [1.807, 2.05) is 0 Å². The summed E-state index contributed by atoms with van der Waals surface area (Å²) in [6.45, 7) is 0. The maximum atomic E-state index is 9.95. The molecule has 0 spiro atoms. The van der Waals surface area contributed by atoms with Gasteiger partial charge in [-0.25, -0.2) is 0 Å². The summed E-state index contributed by atoms with van der Waals surface area (Å²) in [4.78, 5) is 9.99. The molecular formula is C4H4N2OS. The van der Waals surface area contributed by atoms with Gasteiger partial charge in [0, 0.05) is 0 Å². The van der Waals surface area contributed by atoms with E-state index in [2.05, 4.69) is 12.2 Å². The summed E-state index contributed by atoms with van der Waals surface area (Å²) in [5.41, 5.74) is 4.69. The average molecular weight is 128 g/mol. The highest BCUT2D eigenvalue weighted by atomic mass is 32.1. The molecule has 8 heavy (non-hydrogen) atoms. The summed E-state index contributed by atoms with van der Waals surface area (Å²) in [7, 11) is 0. The fourth-order valence-electron chi connectivity index (χ4n) is 0.198. The van der Waals surface area contributed by atoms with Crippen LogP contribution in [0, 0.1) is 11.3 Å². The van der Waals surface area contributed by atoms with Gasteiger partial charge in [0.2, 0.25) is 5.91 Å². The van der Waals surface area contributed by atoms with Gasteiger partial charge in [-0.3, -0.25) is 4.79 Å². The zero-order valence-electron chi connectivity index (χ0n) is 4.05. The Morgan fingerprint density at radius 2 is 2.38 bits per heavy atom. The third kappa shape index (κ3) is 3.25. The van der Waals surface area contributed by atoms with Gasteiger partial charge in [0.15, 0.2) is 0 Å². The van der Waals surface area contributed by atoms with Crippen molar-refractivity contribution in [2.24, 2.45) is 5.73 Å². The summed E-state index contributed by atoms with van der Waals surface area (Å²) < 4.78 is 0. The Kier molecular flexibility index (Phi) is 2.74. The predicted molar refractivity (Wildman–Crippen MR) is 32.0 cm³/mol. The molecule has 0 atom stereocenters. The Morgan fingerprint density at radius 3 is 2.50 bits per heavy atom. The molecule has 3 nitrogen and oxygen atoms in total. The minimum absolute atomic E-state index is 0.0394. The van der Waals surface area contributed by atoms with E-state index in [4.69, 9.17) is 11.0 Å². The number of thiocarbonyl (C=S) groups is 1. The molecule has 0 aromatic rings. The van der Waals surface area contributed by atoms with Crippen LogP contribution in [0.4, 0.5) is 0 Å². The van der Waals surface area contributed by atoms with Crippen LogP contribution in [0.5, 0.6) is 0 Å². The van der Waals surface area contributed by atoms with Crippen LogP contribution in [0.2, 0.25) is 0 Å². The number of carbonyl (C=O) groups is 1. The van der Waals surface area contributed by atoms with Gasteiger partial charge in [0.1, 0.15) is 10.9 Å². The number of carbonyl (C=O) groups excluding carboxylic acids is 1. The molecule has 0 aromatic carbocycles. The van der Waals surface area contributed by atoms with Crippen molar-refractivity contribution in [2.75, 3.05) is 0 Å². The van der Waals surface area contributed by atoms with Gasteiger partial charge < -0.3 is 5.73 Å². The van der Waals surface area contributed by atoms with Crippen molar-refractivity contribution in [3.05, 3.63) is 0 Å². The molecule has 1 amide bonds. The van der Waals surface area contributed by atoms with Crippen LogP contribution in [0.3, 0.4) is 0 Å². The zero-order chi connectivity index (χ0) is 6.57. The molecule has 0 aromatic heterocycles. The standard InChI is InChI=1S/C4H4N2OS/c5-2-3(8)1-4(6)7/h1H2,(H2,6,7). The highest BCUT2D eigenvalue weighted by Crippen LogP contribution is 1.80. The van der Waals surface area contributed by atoms with E-state index in [1.165, 1.54) is 0 Å². The summed E-state index contributed by atoms with van der Waals surface area (Å²) in [5, 5.41) is 7.98. The molecule has 0 aliphatic heterocycles. The first-order valence-electron chi connectivity index (χ1n) is 1.88. The second kappa shape index (κ2) is 3.10. The van der Waals surface area contributed by atoms with Gasteiger partial charge >= 0.3 is 0 Å². The van der Waals surface area contributed by atoms with E-state index in [9.17, 15) is 4.79 Å². The van der Waals surface area contributed by atoms with Crippen molar-refractivity contribution in [1.29, 1.82) is 5.26 Å². The van der Waals surface area contributed by atoms with E-state index in [1.54, 1.807) is 6.07 Å². The lowest BCUT2D eigenvalue weighted by Gasteiger charge is -1.83. The third-order valence-electron chi connectivity index (χ3n) is 0.459. The van der Waals surface area contributed by atoms with Crippen LogP contribution in [-0.2, 0) is 4.79 Å². The fourth-order valence-corrected chi connectivity index (χ4v) is 0.340. The van der Waals surface area contributed by atoms with Crippen molar-refractivity contribution in [2.45, 2.75) is 6.42 Å². The maximum absolute atomic E-state index is 9.95. The second-order valence-corrected chi connectivity index (χ2v) is 1.67. The first kappa shape index (κ1) is 7.05. The van der Waals surface area contributed by atoms with Crippen molar-refractivity contribution in [1.82, 2.24) is 0 Å². The van der Waals surface area contributed by atoms with Crippen LogP contribution in [0.1, 0.15) is 6.42 Å². The highest BCUT2D eigenvalue weighted by molar-refractivity contribution is 7.81. The molecule has 0 heterocycles. The predicted octanol–water partition coefficient (Wildman–Crippen LogP) is -0.245. The minimum Gasteiger partial charge on any atom is -0.369 e. The molecule has 2 N–H and O–H groups in total. The molecule has 0 saturated carbocycles. The topological polar surface area (TPSA) is 66.9 Å². The number of primary amides is 1. The van der Waals surface area contributed by atoms with E-state index in [-0.39, 0.29) is 11.3 Å². The van der Waals surface area contributed by atoms with Crippen molar-refractivity contribution in [3.8, 4) is 6.07 Å². The number of hydrogen-bond acceptors (Lipinski definition) is 3. The van der Waals surface area contributed by atoms with E-state index in [0.29, 0.717) is 0 Å². The molecule has 0 unspecified atom stereocenters. The number of nitriles is 1. The van der Waals surface area contributed by atoms with Gasteiger partial charge in [-0.1, -0.05) is 12.2 Å². The van der Waals surface area contributed by atoms with Gasteiger partial charge in [0.25, 0.3) is 0 Å². The molecule has 0 fully saturated rings. The normalized spacial score (nSPS) is 7.38. The molecule has 0 aliphatic carbocycles. The molecule has 0 radical (unpaired) electrons. The zero-order valence-corrected chi connectivity index (χ0v) is 4.86. The molecule has 0 bridgehead atoms. The largest absolute Gasteiger partial charge is 0.369 e. The SMILES string of the molecule is N#CC(=S)CC(N)=O. The third-order valence-corrected chi connectivity index (χ3v) is 0.695. The van der Waals surface area contributed by atoms with E-state index >= 15 is 0 Å². The number of amides is 1. The molecule has 0 rings (SSSR count). The Bertz CT molecular complexity index is 158. The average Bonchev–Trinajstić information content (AvgIpc) is 1.65. The van der Waals surface area contributed by atoms with E-state index in [0.717, 1.165) is 0 Å². The van der Waals surface area contributed by atoms with Gasteiger partial charge in [-0.15, -0.1) is 0 Å². The molecule has 4 heteroatoms. The first-order chi connectivity index (χ1) is 3.66. The van der Waals surface area contributed by atoms with Crippen LogP contribution in [0.25, 0.3) is 0 Å². The molecule has 42 valence electrons. The Hall–Kier alpha value is -0.950. The van der Waals surface area contributed by atoms with Gasteiger partial charge in [0.05, 0.1) is 6.42 Å². The lowest BCUT2D eigenvalue weighted by atomic mass is 10.3. The summed E-state index contributed by atoms with van der Waals surface area (Å²) in [6.07, 6.45) is -0.105. The van der Waals surface area contributed by atoms with E-state index < -0.39 is 5.91 Å². The number of rotatable bonds is 2. The highest BCUT2D eigenvalue weighted by Gasteiger charge is 1.97. The summed E-state index contributed by atoms with van der Waals surface area (Å²) in [6, 6.07) is 1.63. The summed E-state index contributed by atoms with van der Waals surface area (Å²) >= 11 is 4.37. The van der Waals surface area contributed by atoms with Crippen molar-refractivity contribution >= 4 is 23.0 Å². The van der Waals surface area contributed by atoms with Crippen LogP contribution in [-0.4, -0.2) is 10.8 Å². The lowest BCUT2D eigenvalue weighted by molar-refractivity contribution is -0.116. The number of nitrogens with zero attached hydrogens (tertiary/aromatic N) is 1. The number of hydrogen-bond donors (Lipinski definition) is 1. The van der Waals surface area contributed by atoms with Crippen molar-refractivity contribution < 1.29 is 4.79 Å². The Labute approximate surface area is 52.1 Å². The van der Waals surface area contributed by atoms with Gasteiger partial charge in [-0.05, 0) is 0 Å². The van der Waals surface area contributed by atoms with Crippen molar-refractivity contribution in [3.63, 3.8) is 0 Å². The monoisotopic (exact) mass is 128 g/mol.